The predicted molar refractivity (Wildman–Crippen MR) is 121 cm³/mol. The van der Waals surface area contributed by atoms with E-state index in [1.54, 1.807) is 0 Å². The Morgan fingerprint density at radius 3 is 1.81 bits per heavy atom. The maximum absolute atomic E-state index is 6.08. The molecule has 0 spiro atoms. The summed E-state index contributed by atoms with van der Waals surface area (Å²) < 4.78 is 12.0. The summed E-state index contributed by atoms with van der Waals surface area (Å²) in [6, 6.07) is 30.1. The molecule has 156 valence electrons. The van der Waals surface area contributed by atoms with E-state index >= 15 is 0 Å². The van der Waals surface area contributed by atoms with Crippen LogP contribution in [-0.2, 0) is 26.2 Å². The van der Waals surface area contributed by atoms with Crippen LogP contribution in [0.4, 0.5) is 0 Å². The topological polar surface area (TPSA) is 70.3 Å². The molecule has 0 radical (unpaired) electrons. The van der Waals surface area contributed by atoms with Gasteiger partial charge in [0.25, 0.3) is 5.88 Å². The highest BCUT2D eigenvalue weighted by molar-refractivity contribution is 5.36. The van der Waals surface area contributed by atoms with Crippen LogP contribution in [0.15, 0.2) is 91.0 Å². The molecule has 5 nitrogen and oxygen atoms in total. The van der Waals surface area contributed by atoms with Gasteiger partial charge in [-0.15, -0.1) is 5.10 Å². The SMILES string of the molecule is NCc1ccc(Cc2cc(OCc3ccccc3)c(OCc3ccccc3)nn2)cc1. The fourth-order valence-corrected chi connectivity index (χ4v) is 3.15. The number of rotatable bonds is 9. The van der Waals surface area contributed by atoms with E-state index in [4.69, 9.17) is 15.2 Å². The highest BCUT2D eigenvalue weighted by Gasteiger charge is 2.12. The molecule has 0 aliphatic heterocycles. The number of hydrogen-bond acceptors (Lipinski definition) is 5. The van der Waals surface area contributed by atoms with Crippen LogP contribution in [0.3, 0.4) is 0 Å². The van der Waals surface area contributed by atoms with Gasteiger partial charge in [-0.2, -0.15) is 5.10 Å². The standard InChI is InChI=1S/C26H25N3O2/c27-17-21-13-11-20(12-14-21)15-24-16-25(30-18-22-7-3-1-4-8-22)26(29-28-24)31-19-23-9-5-2-6-10-23/h1-14,16H,15,17-19,27H2. The zero-order valence-corrected chi connectivity index (χ0v) is 17.3. The molecule has 0 atom stereocenters. The van der Waals surface area contributed by atoms with Crippen molar-refractivity contribution in [1.82, 2.24) is 10.2 Å². The van der Waals surface area contributed by atoms with E-state index in [2.05, 4.69) is 22.3 Å². The number of aromatic nitrogens is 2. The first-order valence-electron chi connectivity index (χ1n) is 10.3. The third kappa shape index (κ3) is 5.90. The van der Waals surface area contributed by atoms with Gasteiger partial charge in [0.1, 0.15) is 13.2 Å². The molecule has 4 aromatic rings. The van der Waals surface area contributed by atoms with Crippen molar-refractivity contribution in [3.8, 4) is 11.6 Å². The van der Waals surface area contributed by atoms with Gasteiger partial charge in [-0.05, 0) is 22.3 Å². The molecule has 0 aliphatic rings. The Hall–Kier alpha value is -3.70. The van der Waals surface area contributed by atoms with Crippen molar-refractivity contribution in [1.29, 1.82) is 0 Å². The van der Waals surface area contributed by atoms with Crippen molar-refractivity contribution in [2.24, 2.45) is 5.73 Å². The van der Waals surface area contributed by atoms with Gasteiger partial charge in [0, 0.05) is 19.0 Å². The van der Waals surface area contributed by atoms with E-state index in [1.165, 1.54) is 0 Å². The average Bonchev–Trinajstić information content (AvgIpc) is 2.84. The average molecular weight is 412 g/mol. The van der Waals surface area contributed by atoms with Gasteiger partial charge in [-0.3, -0.25) is 0 Å². The van der Waals surface area contributed by atoms with Crippen LogP contribution < -0.4 is 15.2 Å². The summed E-state index contributed by atoms with van der Waals surface area (Å²) >= 11 is 0. The van der Waals surface area contributed by atoms with Crippen molar-refractivity contribution in [3.63, 3.8) is 0 Å². The Bertz CT molecular complexity index is 1080. The Morgan fingerprint density at radius 1 is 0.613 bits per heavy atom. The second-order valence-electron chi connectivity index (χ2n) is 7.25. The van der Waals surface area contributed by atoms with Crippen LogP contribution in [0.25, 0.3) is 0 Å². The van der Waals surface area contributed by atoms with Gasteiger partial charge in [0.2, 0.25) is 0 Å². The van der Waals surface area contributed by atoms with E-state index < -0.39 is 0 Å². The monoisotopic (exact) mass is 411 g/mol. The van der Waals surface area contributed by atoms with Gasteiger partial charge in [-0.25, -0.2) is 0 Å². The van der Waals surface area contributed by atoms with Gasteiger partial charge < -0.3 is 15.2 Å². The number of ether oxygens (including phenoxy) is 2. The van der Waals surface area contributed by atoms with Crippen molar-refractivity contribution in [3.05, 3.63) is 119 Å². The second-order valence-corrected chi connectivity index (χ2v) is 7.25. The first-order valence-corrected chi connectivity index (χ1v) is 10.3. The Labute approximate surface area is 182 Å². The van der Waals surface area contributed by atoms with Crippen molar-refractivity contribution in [2.45, 2.75) is 26.2 Å². The third-order valence-electron chi connectivity index (χ3n) is 4.88. The highest BCUT2D eigenvalue weighted by Crippen LogP contribution is 2.27. The molecule has 2 N–H and O–H groups in total. The highest BCUT2D eigenvalue weighted by atomic mass is 16.5. The molecule has 0 unspecified atom stereocenters. The van der Waals surface area contributed by atoms with Crippen LogP contribution in [0.1, 0.15) is 27.9 Å². The predicted octanol–water partition coefficient (Wildman–Crippen LogP) is 4.68. The quantitative estimate of drug-likeness (QED) is 0.433. The molecular weight excluding hydrogens is 386 g/mol. The minimum absolute atomic E-state index is 0.391. The lowest BCUT2D eigenvalue weighted by atomic mass is 10.1. The van der Waals surface area contributed by atoms with Crippen molar-refractivity contribution in [2.75, 3.05) is 0 Å². The number of nitrogens with two attached hydrogens (primary N) is 1. The first-order chi connectivity index (χ1) is 15.3. The van der Waals surface area contributed by atoms with Gasteiger partial charge in [-0.1, -0.05) is 84.9 Å². The summed E-state index contributed by atoms with van der Waals surface area (Å²) in [6.45, 7) is 1.36. The lowest BCUT2D eigenvalue weighted by Gasteiger charge is -2.13. The Morgan fingerprint density at radius 2 is 1.19 bits per heavy atom. The molecule has 0 saturated carbocycles. The fraction of sp³-hybridized carbons (Fsp3) is 0.154. The van der Waals surface area contributed by atoms with Gasteiger partial charge in [0.05, 0.1) is 5.69 Å². The minimum atomic E-state index is 0.391. The van der Waals surface area contributed by atoms with Crippen LogP contribution >= 0.6 is 0 Å². The second kappa shape index (κ2) is 10.4. The molecule has 0 amide bonds. The molecule has 0 saturated heterocycles. The molecule has 3 aromatic carbocycles. The molecule has 0 aliphatic carbocycles. The molecule has 0 fully saturated rings. The summed E-state index contributed by atoms with van der Waals surface area (Å²) in [7, 11) is 0. The zero-order valence-electron chi connectivity index (χ0n) is 17.3. The number of nitrogens with zero attached hydrogens (tertiary/aromatic N) is 2. The van der Waals surface area contributed by atoms with Gasteiger partial charge >= 0.3 is 0 Å². The maximum Gasteiger partial charge on any atom is 0.276 e. The molecule has 1 aromatic heterocycles. The molecule has 4 rings (SSSR count). The molecule has 31 heavy (non-hydrogen) atoms. The summed E-state index contributed by atoms with van der Waals surface area (Å²) in [5.41, 5.74) is 10.9. The Kier molecular flexibility index (Phi) is 6.88. The molecule has 5 heteroatoms. The summed E-state index contributed by atoms with van der Waals surface area (Å²) in [5, 5.41) is 8.68. The van der Waals surface area contributed by atoms with E-state index in [-0.39, 0.29) is 0 Å². The van der Waals surface area contributed by atoms with E-state index in [0.717, 1.165) is 27.9 Å². The third-order valence-corrected chi connectivity index (χ3v) is 4.88. The first kappa shape index (κ1) is 20.6. The summed E-state index contributed by atoms with van der Waals surface area (Å²) in [5.74, 6) is 0.977. The summed E-state index contributed by atoms with van der Waals surface area (Å²) in [6.07, 6.45) is 0.651. The van der Waals surface area contributed by atoms with Gasteiger partial charge in [0.15, 0.2) is 5.75 Å². The largest absolute Gasteiger partial charge is 0.483 e. The van der Waals surface area contributed by atoms with E-state index in [1.807, 2.05) is 78.9 Å². The summed E-state index contributed by atoms with van der Waals surface area (Å²) in [4.78, 5) is 0. The zero-order chi connectivity index (χ0) is 21.3. The number of benzene rings is 3. The van der Waals surface area contributed by atoms with E-state index in [0.29, 0.717) is 37.8 Å². The molecule has 1 heterocycles. The molecule has 0 bridgehead atoms. The fourth-order valence-electron chi connectivity index (χ4n) is 3.15. The Balaban J connectivity index is 1.52. The normalized spacial score (nSPS) is 10.6. The van der Waals surface area contributed by atoms with Crippen LogP contribution in [0.5, 0.6) is 11.6 Å². The minimum Gasteiger partial charge on any atom is -0.483 e. The lowest BCUT2D eigenvalue weighted by molar-refractivity contribution is 0.243. The lowest BCUT2D eigenvalue weighted by Crippen LogP contribution is -2.05. The van der Waals surface area contributed by atoms with Crippen LogP contribution in [-0.4, -0.2) is 10.2 Å². The van der Waals surface area contributed by atoms with Crippen LogP contribution in [0, 0.1) is 0 Å². The van der Waals surface area contributed by atoms with Crippen molar-refractivity contribution >= 4 is 0 Å². The van der Waals surface area contributed by atoms with E-state index in [9.17, 15) is 0 Å². The number of hydrogen-bond donors (Lipinski definition) is 1. The van der Waals surface area contributed by atoms with Crippen LogP contribution in [0.2, 0.25) is 0 Å². The van der Waals surface area contributed by atoms with Crippen molar-refractivity contribution < 1.29 is 9.47 Å². The molecular formula is C26H25N3O2. The smallest absolute Gasteiger partial charge is 0.276 e. The maximum atomic E-state index is 6.08.